The number of amides is 2. The molecule has 1 heterocycles. The molecule has 0 fully saturated rings. The van der Waals surface area contributed by atoms with E-state index in [2.05, 4.69) is 15.7 Å². The van der Waals surface area contributed by atoms with Gasteiger partial charge < -0.3 is 15.4 Å². The van der Waals surface area contributed by atoms with E-state index in [4.69, 9.17) is 16.3 Å². The molecule has 144 valence electrons. The lowest BCUT2D eigenvalue weighted by Crippen LogP contribution is -2.17. The number of ether oxygens (including phenoxy) is 1. The second-order valence-corrected chi connectivity index (χ2v) is 6.48. The second kappa shape index (κ2) is 8.14. The predicted molar refractivity (Wildman–Crippen MR) is 109 cm³/mol. The molecule has 28 heavy (non-hydrogen) atoms. The Morgan fingerprint density at radius 1 is 1.11 bits per heavy atom. The van der Waals surface area contributed by atoms with Gasteiger partial charge in [-0.3, -0.25) is 14.3 Å². The largest absolute Gasteiger partial charge is 0.495 e. The maximum absolute atomic E-state index is 12.8. The van der Waals surface area contributed by atoms with E-state index in [9.17, 15) is 9.59 Å². The van der Waals surface area contributed by atoms with Gasteiger partial charge in [0, 0.05) is 25.2 Å². The van der Waals surface area contributed by atoms with E-state index < -0.39 is 0 Å². The van der Waals surface area contributed by atoms with Crippen molar-refractivity contribution in [3.05, 3.63) is 59.2 Å². The van der Waals surface area contributed by atoms with E-state index in [1.165, 1.54) is 18.7 Å². The van der Waals surface area contributed by atoms with Crippen molar-refractivity contribution < 1.29 is 14.3 Å². The van der Waals surface area contributed by atoms with Crippen LogP contribution in [0.25, 0.3) is 11.3 Å². The first-order chi connectivity index (χ1) is 13.4. The van der Waals surface area contributed by atoms with Crippen LogP contribution in [0.5, 0.6) is 5.75 Å². The van der Waals surface area contributed by atoms with Gasteiger partial charge in [-0.1, -0.05) is 29.8 Å². The summed E-state index contributed by atoms with van der Waals surface area (Å²) in [7, 11) is 3.18. The summed E-state index contributed by atoms with van der Waals surface area (Å²) in [6, 6.07) is 13.9. The van der Waals surface area contributed by atoms with Gasteiger partial charge in [-0.25, -0.2) is 0 Å². The van der Waals surface area contributed by atoms with Crippen molar-refractivity contribution >= 4 is 34.8 Å². The van der Waals surface area contributed by atoms with Crippen LogP contribution in [0.2, 0.25) is 5.02 Å². The van der Waals surface area contributed by atoms with Crippen molar-refractivity contribution in [2.75, 3.05) is 17.7 Å². The number of aromatic nitrogens is 2. The lowest BCUT2D eigenvalue weighted by Gasteiger charge is -2.12. The molecule has 0 unspecified atom stereocenters. The molecule has 2 N–H and O–H groups in total. The molecule has 0 bridgehead atoms. The summed E-state index contributed by atoms with van der Waals surface area (Å²) in [5.41, 5.74) is 2.66. The number of anilines is 2. The van der Waals surface area contributed by atoms with Crippen molar-refractivity contribution in [1.29, 1.82) is 0 Å². The van der Waals surface area contributed by atoms with Crippen molar-refractivity contribution in [1.82, 2.24) is 9.78 Å². The number of hydrogen-bond donors (Lipinski definition) is 2. The Bertz CT molecular complexity index is 1050. The quantitative estimate of drug-likeness (QED) is 0.681. The Labute approximate surface area is 167 Å². The van der Waals surface area contributed by atoms with Crippen LogP contribution in [0, 0.1) is 0 Å². The van der Waals surface area contributed by atoms with Gasteiger partial charge in [-0.2, -0.15) is 5.10 Å². The maximum Gasteiger partial charge on any atom is 0.274 e. The Morgan fingerprint density at radius 3 is 2.54 bits per heavy atom. The van der Waals surface area contributed by atoms with E-state index in [1.807, 2.05) is 18.2 Å². The molecule has 0 saturated carbocycles. The summed E-state index contributed by atoms with van der Waals surface area (Å²) >= 11 is 6.23. The number of carbonyl (C=O) groups excluding carboxylic acids is 2. The number of nitrogens with one attached hydrogen (secondary N) is 2. The van der Waals surface area contributed by atoms with Crippen molar-refractivity contribution in [2.24, 2.45) is 7.05 Å². The average Bonchev–Trinajstić information content (AvgIpc) is 3.03. The molecule has 2 aromatic carbocycles. The molecule has 0 atom stereocenters. The first-order valence-electron chi connectivity index (χ1n) is 8.45. The summed E-state index contributed by atoms with van der Waals surface area (Å²) in [5.74, 6) is -0.110. The number of methoxy groups -OCH3 is 1. The fourth-order valence-corrected chi connectivity index (χ4v) is 2.99. The summed E-state index contributed by atoms with van der Waals surface area (Å²) in [6.45, 7) is 1.41. The van der Waals surface area contributed by atoms with Gasteiger partial charge in [-0.05, 0) is 30.3 Å². The molecule has 0 spiro atoms. The van der Waals surface area contributed by atoms with Crippen molar-refractivity contribution in [2.45, 2.75) is 6.92 Å². The van der Waals surface area contributed by atoms with Gasteiger partial charge in [0.15, 0.2) is 0 Å². The normalized spacial score (nSPS) is 10.4. The minimum absolute atomic E-state index is 0.210. The third kappa shape index (κ3) is 4.15. The monoisotopic (exact) mass is 398 g/mol. The summed E-state index contributed by atoms with van der Waals surface area (Å²) in [5, 5.41) is 10.4. The van der Waals surface area contributed by atoms with Crippen molar-refractivity contribution in [3.63, 3.8) is 0 Å². The summed E-state index contributed by atoms with van der Waals surface area (Å²) in [6.07, 6.45) is 0. The first-order valence-corrected chi connectivity index (χ1v) is 8.82. The van der Waals surface area contributed by atoms with Crippen LogP contribution in [0.3, 0.4) is 0 Å². The van der Waals surface area contributed by atoms with Crippen LogP contribution in [0.1, 0.15) is 17.4 Å². The number of benzene rings is 2. The molecule has 7 nitrogen and oxygen atoms in total. The molecule has 0 saturated heterocycles. The Kier molecular flexibility index (Phi) is 5.65. The Balaban J connectivity index is 1.90. The van der Waals surface area contributed by atoms with Gasteiger partial charge >= 0.3 is 0 Å². The van der Waals surface area contributed by atoms with Gasteiger partial charge in [0.05, 0.1) is 23.5 Å². The van der Waals surface area contributed by atoms with E-state index in [1.54, 1.807) is 37.4 Å². The standard InChI is InChI=1S/C20H19ClN4O3/c1-12(26)22-13-8-9-19(28-3)17(10-13)23-20(27)18-11-16(24-25(18)2)14-6-4-5-7-15(14)21/h4-11H,1-3H3,(H,22,26)(H,23,27). The zero-order valence-corrected chi connectivity index (χ0v) is 16.4. The number of aryl methyl sites for hydroxylation is 1. The third-order valence-corrected chi connectivity index (χ3v) is 4.36. The van der Waals surface area contributed by atoms with Crippen molar-refractivity contribution in [3.8, 4) is 17.0 Å². The molecular formula is C20H19ClN4O3. The zero-order chi connectivity index (χ0) is 20.3. The van der Waals surface area contributed by atoms with E-state index in [0.29, 0.717) is 33.5 Å². The molecule has 3 aromatic rings. The molecule has 8 heteroatoms. The number of halogens is 1. The fourth-order valence-electron chi connectivity index (χ4n) is 2.75. The van der Waals surface area contributed by atoms with Gasteiger partial charge in [0.2, 0.25) is 5.91 Å². The highest BCUT2D eigenvalue weighted by Gasteiger charge is 2.17. The molecule has 0 aliphatic heterocycles. The zero-order valence-electron chi connectivity index (χ0n) is 15.6. The van der Waals surface area contributed by atoms with Crippen LogP contribution in [0.15, 0.2) is 48.5 Å². The van der Waals surface area contributed by atoms with Crippen LogP contribution in [0.4, 0.5) is 11.4 Å². The van der Waals surface area contributed by atoms with E-state index in [0.717, 1.165) is 5.56 Å². The highest BCUT2D eigenvalue weighted by Crippen LogP contribution is 2.30. The highest BCUT2D eigenvalue weighted by molar-refractivity contribution is 6.33. The molecule has 1 aromatic heterocycles. The number of rotatable bonds is 5. The van der Waals surface area contributed by atoms with Gasteiger partial charge in [-0.15, -0.1) is 0 Å². The van der Waals surface area contributed by atoms with Crippen LogP contribution < -0.4 is 15.4 Å². The molecule has 2 amide bonds. The number of hydrogen-bond acceptors (Lipinski definition) is 4. The second-order valence-electron chi connectivity index (χ2n) is 6.07. The molecule has 0 aliphatic rings. The Morgan fingerprint density at radius 2 is 1.86 bits per heavy atom. The number of carbonyl (C=O) groups is 2. The molecular weight excluding hydrogens is 380 g/mol. The van der Waals surface area contributed by atoms with Crippen LogP contribution >= 0.6 is 11.6 Å². The topological polar surface area (TPSA) is 85.2 Å². The lowest BCUT2D eigenvalue weighted by molar-refractivity contribution is -0.114. The summed E-state index contributed by atoms with van der Waals surface area (Å²) in [4.78, 5) is 24.1. The van der Waals surface area contributed by atoms with Crippen LogP contribution in [-0.2, 0) is 11.8 Å². The molecule has 0 radical (unpaired) electrons. The Hall–Kier alpha value is -3.32. The highest BCUT2D eigenvalue weighted by atomic mass is 35.5. The lowest BCUT2D eigenvalue weighted by atomic mass is 10.1. The minimum atomic E-state index is -0.369. The molecule has 3 rings (SSSR count). The van der Waals surface area contributed by atoms with Gasteiger partial charge in [0.1, 0.15) is 11.4 Å². The van der Waals surface area contributed by atoms with E-state index >= 15 is 0 Å². The first kappa shape index (κ1) is 19.4. The summed E-state index contributed by atoms with van der Waals surface area (Å²) < 4.78 is 6.78. The number of nitrogens with zero attached hydrogens (tertiary/aromatic N) is 2. The van der Waals surface area contributed by atoms with E-state index in [-0.39, 0.29) is 11.8 Å². The fraction of sp³-hybridized carbons (Fsp3) is 0.150. The SMILES string of the molecule is COc1ccc(NC(C)=O)cc1NC(=O)c1cc(-c2ccccc2Cl)nn1C. The predicted octanol–water partition coefficient (Wildman–Crippen LogP) is 3.96. The maximum atomic E-state index is 12.8. The molecule has 0 aliphatic carbocycles. The third-order valence-electron chi connectivity index (χ3n) is 4.03. The smallest absolute Gasteiger partial charge is 0.274 e. The van der Waals surface area contributed by atoms with Crippen LogP contribution in [-0.4, -0.2) is 28.7 Å². The van der Waals surface area contributed by atoms with Gasteiger partial charge in [0.25, 0.3) is 5.91 Å². The minimum Gasteiger partial charge on any atom is -0.495 e. The average molecular weight is 399 g/mol.